The maximum absolute atomic E-state index is 10.8. The molecule has 0 saturated heterocycles. The monoisotopic (exact) mass is 247 g/mol. The van der Waals surface area contributed by atoms with Crippen molar-refractivity contribution >= 4 is 5.97 Å². The molecule has 18 heavy (non-hydrogen) atoms. The number of hydrogen-bond acceptors (Lipinski definition) is 3. The fraction of sp³-hybridized carbons (Fsp3) is 0.357. The largest absolute Gasteiger partial charge is 0.488 e. The molecule has 4 heteroatoms. The molecule has 0 spiro atoms. The number of hydrogen-bond donors (Lipinski definition) is 1. The molecule has 0 amide bonds. The fourth-order valence-electron chi connectivity index (χ4n) is 2.22. The molecule has 1 heterocycles. The van der Waals surface area contributed by atoms with E-state index in [4.69, 9.17) is 9.84 Å². The highest BCUT2D eigenvalue weighted by Crippen LogP contribution is 2.28. The van der Waals surface area contributed by atoms with Gasteiger partial charge in [0.15, 0.2) is 0 Å². The van der Waals surface area contributed by atoms with E-state index < -0.39 is 5.97 Å². The van der Waals surface area contributed by atoms with Crippen LogP contribution in [0.15, 0.2) is 36.9 Å². The SMILES string of the molecule is C=CCN(CC(=O)O)CC1Cc2ccccc2O1. The number of para-hydroxylation sites is 1. The van der Waals surface area contributed by atoms with E-state index in [0.29, 0.717) is 13.1 Å². The maximum atomic E-state index is 10.8. The molecule has 4 nitrogen and oxygen atoms in total. The molecule has 0 fully saturated rings. The van der Waals surface area contributed by atoms with Crippen LogP contribution in [-0.2, 0) is 11.2 Å². The van der Waals surface area contributed by atoms with Gasteiger partial charge in [-0.1, -0.05) is 24.3 Å². The topological polar surface area (TPSA) is 49.8 Å². The highest BCUT2D eigenvalue weighted by atomic mass is 16.5. The van der Waals surface area contributed by atoms with Gasteiger partial charge in [0.2, 0.25) is 0 Å². The second kappa shape index (κ2) is 5.69. The Morgan fingerprint density at radius 3 is 3.00 bits per heavy atom. The highest BCUT2D eigenvalue weighted by molar-refractivity contribution is 5.69. The summed E-state index contributed by atoms with van der Waals surface area (Å²) in [4.78, 5) is 12.6. The van der Waals surface area contributed by atoms with Crippen LogP contribution in [0.4, 0.5) is 0 Å². The van der Waals surface area contributed by atoms with E-state index in [1.807, 2.05) is 29.2 Å². The van der Waals surface area contributed by atoms with Gasteiger partial charge in [-0.2, -0.15) is 0 Å². The summed E-state index contributed by atoms with van der Waals surface area (Å²) in [7, 11) is 0. The van der Waals surface area contributed by atoms with Gasteiger partial charge in [-0.3, -0.25) is 9.69 Å². The number of benzene rings is 1. The van der Waals surface area contributed by atoms with Crippen LogP contribution in [-0.4, -0.2) is 41.7 Å². The molecule has 1 aromatic carbocycles. The lowest BCUT2D eigenvalue weighted by Crippen LogP contribution is -2.38. The zero-order valence-electron chi connectivity index (χ0n) is 10.2. The molecule has 0 aromatic heterocycles. The van der Waals surface area contributed by atoms with Gasteiger partial charge >= 0.3 is 5.97 Å². The second-order valence-corrected chi connectivity index (χ2v) is 4.43. The Balaban J connectivity index is 1.94. The number of ether oxygens (including phenoxy) is 1. The first-order chi connectivity index (χ1) is 8.69. The summed E-state index contributed by atoms with van der Waals surface area (Å²) in [5.41, 5.74) is 1.19. The van der Waals surface area contributed by atoms with Crippen molar-refractivity contribution in [1.82, 2.24) is 4.90 Å². The smallest absolute Gasteiger partial charge is 0.317 e. The van der Waals surface area contributed by atoms with Crippen molar-refractivity contribution in [3.8, 4) is 5.75 Å². The maximum Gasteiger partial charge on any atom is 0.317 e. The number of carboxylic acid groups (broad SMARTS) is 1. The van der Waals surface area contributed by atoms with E-state index >= 15 is 0 Å². The van der Waals surface area contributed by atoms with Crippen molar-refractivity contribution in [1.29, 1.82) is 0 Å². The van der Waals surface area contributed by atoms with Crippen LogP contribution in [0.1, 0.15) is 5.56 Å². The number of carboxylic acids is 1. The molecule has 1 aliphatic heterocycles. The molecular formula is C14H17NO3. The highest BCUT2D eigenvalue weighted by Gasteiger charge is 2.24. The van der Waals surface area contributed by atoms with Crippen molar-refractivity contribution in [2.24, 2.45) is 0 Å². The molecule has 0 aliphatic carbocycles. The fourth-order valence-corrected chi connectivity index (χ4v) is 2.22. The van der Waals surface area contributed by atoms with Gasteiger partial charge in [-0.05, 0) is 11.6 Å². The average Bonchev–Trinajstić information content (AvgIpc) is 2.70. The molecule has 0 radical (unpaired) electrons. The number of aliphatic carboxylic acids is 1. The minimum Gasteiger partial charge on any atom is -0.488 e. The summed E-state index contributed by atoms with van der Waals surface area (Å²) < 4.78 is 5.80. The lowest BCUT2D eigenvalue weighted by Gasteiger charge is -2.22. The predicted octanol–water partition coefficient (Wildman–Crippen LogP) is 1.56. The summed E-state index contributed by atoms with van der Waals surface area (Å²) in [5, 5.41) is 8.84. The number of nitrogens with zero attached hydrogens (tertiary/aromatic N) is 1. The number of fused-ring (bicyclic) bond motifs is 1. The minimum atomic E-state index is -0.827. The van der Waals surface area contributed by atoms with Crippen LogP contribution in [0.5, 0.6) is 5.75 Å². The van der Waals surface area contributed by atoms with Crippen LogP contribution in [0.2, 0.25) is 0 Å². The van der Waals surface area contributed by atoms with Gasteiger partial charge in [0.1, 0.15) is 11.9 Å². The molecule has 0 bridgehead atoms. The van der Waals surface area contributed by atoms with Crippen LogP contribution >= 0.6 is 0 Å². The molecule has 1 aromatic rings. The van der Waals surface area contributed by atoms with E-state index in [2.05, 4.69) is 6.58 Å². The van der Waals surface area contributed by atoms with Crippen molar-refractivity contribution in [2.75, 3.05) is 19.6 Å². The van der Waals surface area contributed by atoms with E-state index in [1.165, 1.54) is 5.56 Å². The van der Waals surface area contributed by atoms with Gasteiger partial charge < -0.3 is 9.84 Å². The van der Waals surface area contributed by atoms with E-state index in [1.54, 1.807) is 6.08 Å². The zero-order chi connectivity index (χ0) is 13.0. The number of carbonyl (C=O) groups is 1. The second-order valence-electron chi connectivity index (χ2n) is 4.43. The van der Waals surface area contributed by atoms with Crippen molar-refractivity contribution < 1.29 is 14.6 Å². The van der Waals surface area contributed by atoms with Gasteiger partial charge in [-0.25, -0.2) is 0 Å². The van der Waals surface area contributed by atoms with Gasteiger partial charge in [0.05, 0.1) is 6.54 Å². The summed E-state index contributed by atoms with van der Waals surface area (Å²) in [5.74, 6) is 0.0868. The molecule has 1 atom stereocenters. The molecule has 2 rings (SSSR count). The summed E-state index contributed by atoms with van der Waals surface area (Å²) in [6, 6.07) is 7.93. The van der Waals surface area contributed by atoms with Crippen LogP contribution in [0.25, 0.3) is 0 Å². The van der Waals surface area contributed by atoms with Crippen LogP contribution in [0.3, 0.4) is 0 Å². The Hall–Kier alpha value is -1.81. The van der Waals surface area contributed by atoms with Crippen LogP contribution < -0.4 is 4.74 Å². The summed E-state index contributed by atoms with van der Waals surface area (Å²) in [6.45, 7) is 4.82. The number of rotatable bonds is 6. The standard InChI is InChI=1S/C14H17NO3/c1-2-7-15(10-14(16)17)9-12-8-11-5-3-4-6-13(11)18-12/h2-6,12H,1,7-10H2,(H,16,17). The molecule has 0 saturated carbocycles. The lowest BCUT2D eigenvalue weighted by molar-refractivity contribution is -0.138. The average molecular weight is 247 g/mol. The molecular weight excluding hydrogens is 230 g/mol. The van der Waals surface area contributed by atoms with E-state index in [0.717, 1.165) is 12.2 Å². The van der Waals surface area contributed by atoms with Crippen molar-refractivity contribution in [3.05, 3.63) is 42.5 Å². The van der Waals surface area contributed by atoms with E-state index in [-0.39, 0.29) is 12.6 Å². The lowest BCUT2D eigenvalue weighted by atomic mass is 10.1. The first-order valence-corrected chi connectivity index (χ1v) is 5.98. The van der Waals surface area contributed by atoms with E-state index in [9.17, 15) is 4.79 Å². The Labute approximate surface area is 106 Å². The molecule has 96 valence electrons. The quantitative estimate of drug-likeness (QED) is 0.775. The molecule has 1 N–H and O–H groups in total. The normalized spacial score (nSPS) is 17.3. The summed E-state index contributed by atoms with van der Waals surface area (Å²) in [6.07, 6.45) is 2.58. The Kier molecular flexibility index (Phi) is 3.99. The van der Waals surface area contributed by atoms with Crippen LogP contribution in [0, 0.1) is 0 Å². The first kappa shape index (κ1) is 12.6. The first-order valence-electron chi connectivity index (χ1n) is 5.98. The molecule has 1 aliphatic rings. The zero-order valence-corrected chi connectivity index (χ0v) is 10.2. The minimum absolute atomic E-state index is 0.0161. The third-order valence-electron chi connectivity index (χ3n) is 2.92. The Morgan fingerprint density at radius 2 is 2.33 bits per heavy atom. The van der Waals surface area contributed by atoms with Crippen molar-refractivity contribution in [2.45, 2.75) is 12.5 Å². The van der Waals surface area contributed by atoms with Gasteiger partial charge in [0, 0.05) is 19.5 Å². The predicted molar refractivity (Wildman–Crippen MR) is 68.8 cm³/mol. The Morgan fingerprint density at radius 1 is 1.56 bits per heavy atom. The third-order valence-corrected chi connectivity index (χ3v) is 2.92. The van der Waals surface area contributed by atoms with Crippen molar-refractivity contribution in [3.63, 3.8) is 0 Å². The Bertz CT molecular complexity index is 419. The van der Waals surface area contributed by atoms with Gasteiger partial charge in [-0.15, -0.1) is 6.58 Å². The summed E-state index contributed by atoms with van der Waals surface area (Å²) >= 11 is 0. The van der Waals surface area contributed by atoms with Gasteiger partial charge in [0.25, 0.3) is 0 Å². The third kappa shape index (κ3) is 3.11. The molecule has 1 unspecified atom stereocenters.